The zero-order chi connectivity index (χ0) is 13.2. The molecule has 0 spiro atoms. The molecule has 2 nitrogen and oxygen atoms in total. The molecule has 0 bridgehead atoms. The Labute approximate surface area is 115 Å². The third-order valence-electron chi connectivity index (χ3n) is 3.01. The van der Waals surface area contributed by atoms with Crippen LogP contribution in [0, 0.1) is 0 Å². The molecular weight excluding hydrogens is 254 g/mol. The van der Waals surface area contributed by atoms with Crippen LogP contribution in [0.3, 0.4) is 0 Å². The first kappa shape index (κ1) is 11.9. The van der Waals surface area contributed by atoms with E-state index in [4.69, 9.17) is 0 Å². The molecule has 0 aliphatic carbocycles. The number of nitrogens with one attached hydrogen (secondary N) is 1. The molecule has 1 N–H and O–H groups in total. The molecule has 19 heavy (non-hydrogen) atoms. The highest BCUT2D eigenvalue weighted by atomic mass is 32.1. The molecule has 2 aromatic carbocycles. The van der Waals surface area contributed by atoms with E-state index in [-0.39, 0.29) is 5.91 Å². The molecule has 0 aliphatic heterocycles. The molecule has 0 aliphatic rings. The van der Waals surface area contributed by atoms with Gasteiger partial charge in [-0.2, -0.15) is 0 Å². The summed E-state index contributed by atoms with van der Waals surface area (Å²) in [6.45, 7) is 1.54. The Kier molecular flexibility index (Phi) is 3.05. The van der Waals surface area contributed by atoms with Crippen LogP contribution in [0.1, 0.15) is 6.92 Å². The maximum absolute atomic E-state index is 11.4. The predicted molar refractivity (Wildman–Crippen MR) is 81.6 cm³/mol. The maximum atomic E-state index is 11.4. The molecule has 3 aromatic rings. The highest BCUT2D eigenvalue weighted by Gasteiger charge is 2.11. The van der Waals surface area contributed by atoms with Crippen molar-refractivity contribution < 1.29 is 4.79 Å². The topological polar surface area (TPSA) is 29.1 Å². The van der Waals surface area contributed by atoms with E-state index in [2.05, 4.69) is 28.9 Å². The van der Waals surface area contributed by atoms with Gasteiger partial charge in [-0.15, -0.1) is 11.3 Å². The quantitative estimate of drug-likeness (QED) is 0.726. The summed E-state index contributed by atoms with van der Waals surface area (Å²) in [4.78, 5) is 12.5. The Bertz CT molecular complexity index is 732. The van der Waals surface area contributed by atoms with E-state index in [1.807, 2.05) is 30.3 Å². The van der Waals surface area contributed by atoms with Gasteiger partial charge in [0.15, 0.2) is 0 Å². The van der Waals surface area contributed by atoms with Gasteiger partial charge in [-0.05, 0) is 28.3 Å². The Hall–Kier alpha value is -2.13. The molecule has 1 amide bonds. The molecule has 3 heteroatoms. The van der Waals surface area contributed by atoms with Gasteiger partial charge >= 0.3 is 0 Å². The van der Waals surface area contributed by atoms with Crippen LogP contribution in [0.4, 0.5) is 5.69 Å². The molecule has 94 valence electrons. The van der Waals surface area contributed by atoms with E-state index in [9.17, 15) is 4.79 Å². The summed E-state index contributed by atoms with van der Waals surface area (Å²) in [7, 11) is 0. The molecule has 0 saturated carbocycles. The van der Waals surface area contributed by atoms with Crippen molar-refractivity contribution in [1.82, 2.24) is 0 Å². The van der Waals surface area contributed by atoms with Gasteiger partial charge in [0.25, 0.3) is 0 Å². The summed E-state index contributed by atoms with van der Waals surface area (Å²) < 4.78 is 0. The lowest BCUT2D eigenvalue weighted by Gasteiger charge is -2.12. The van der Waals surface area contributed by atoms with Gasteiger partial charge in [0.05, 0.1) is 5.69 Å². The number of thiophene rings is 1. The van der Waals surface area contributed by atoms with E-state index < -0.39 is 0 Å². The number of amides is 1. The molecule has 1 aromatic heterocycles. The van der Waals surface area contributed by atoms with E-state index in [0.29, 0.717) is 0 Å². The smallest absolute Gasteiger partial charge is 0.221 e. The molecule has 0 atom stereocenters. The lowest BCUT2D eigenvalue weighted by molar-refractivity contribution is -0.114. The van der Waals surface area contributed by atoms with Crippen LogP contribution < -0.4 is 5.32 Å². The first-order chi connectivity index (χ1) is 9.25. The number of fused-ring (bicyclic) bond motifs is 1. The van der Waals surface area contributed by atoms with Gasteiger partial charge < -0.3 is 5.32 Å². The summed E-state index contributed by atoms with van der Waals surface area (Å²) >= 11 is 1.68. The molecule has 1 heterocycles. The Morgan fingerprint density at radius 2 is 1.89 bits per heavy atom. The van der Waals surface area contributed by atoms with Crippen molar-refractivity contribution in [2.75, 3.05) is 5.32 Å². The SMILES string of the molecule is CC(=O)Nc1ccc2ccccc2c1-c1cccs1. The number of hydrogen-bond acceptors (Lipinski definition) is 2. The van der Waals surface area contributed by atoms with Gasteiger partial charge in [0.1, 0.15) is 0 Å². The highest BCUT2D eigenvalue weighted by molar-refractivity contribution is 7.13. The second-order valence-electron chi connectivity index (χ2n) is 4.37. The lowest BCUT2D eigenvalue weighted by atomic mass is 10.0. The number of anilines is 1. The van der Waals surface area contributed by atoms with Crippen LogP contribution in [-0.4, -0.2) is 5.91 Å². The van der Waals surface area contributed by atoms with Crippen molar-refractivity contribution in [3.05, 3.63) is 53.9 Å². The largest absolute Gasteiger partial charge is 0.326 e. The Balaban J connectivity index is 2.31. The van der Waals surface area contributed by atoms with Crippen molar-refractivity contribution in [3.8, 4) is 10.4 Å². The predicted octanol–water partition coefficient (Wildman–Crippen LogP) is 4.53. The lowest BCUT2D eigenvalue weighted by Crippen LogP contribution is -2.06. The van der Waals surface area contributed by atoms with E-state index in [1.165, 1.54) is 17.2 Å². The summed E-state index contributed by atoms with van der Waals surface area (Å²) in [6, 6.07) is 16.4. The first-order valence-electron chi connectivity index (χ1n) is 6.09. The molecule has 0 radical (unpaired) electrons. The van der Waals surface area contributed by atoms with Crippen molar-refractivity contribution in [1.29, 1.82) is 0 Å². The third kappa shape index (κ3) is 2.25. The van der Waals surface area contributed by atoms with E-state index in [0.717, 1.165) is 16.6 Å². The van der Waals surface area contributed by atoms with E-state index >= 15 is 0 Å². The van der Waals surface area contributed by atoms with Crippen LogP contribution in [-0.2, 0) is 4.79 Å². The standard InChI is InChI=1S/C16H13NOS/c1-11(18)17-14-9-8-12-5-2-3-6-13(12)16(14)15-7-4-10-19-15/h2-10H,1H3,(H,17,18). The van der Waals surface area contributed by atoms with Crippen LogP contribution in [0.15, 0.2) is 53.9 Å². The first-order valence-corrected chi connectivity index (χ1v) is 6.97. The summed E-state index contributed by atoms with van der Waals surface area (Å²) in [6.07, 6.45) is 0. The fraction of sp³-hybridized carbons (Fsp3) is 0.0625. The van der Waals surface area contributed by atoms with Crippen LogP contribution in [0.25, 0.3) is 21.2 Å². The van der Waals surface area contributed by atoms with Gasteiger partial charge in [0.2, 0.25) is 5.91 Å². The fourth-order valence-corrected chi connectivity index (χ4v) is 3.05. The van der Waals surface area contributed by atoms with E-state index in [1.54, 1.807) is 11.3 Å². The minimum absolute atomic E-state index is 0.0481. The monoisotopic (exact) mass is 267 g/mol. The van der Waals surface area contributed by atoms with Crippen LogP contribution >= 0.6 is 11.3 Å². The summed E-state index contributed by atoms with van der Waals surface area (Å²) in [5.41, 5.74) is 1.97. The summed E-state index contributed by atoms with van der Waals surface area (Å²) in [5.74, 6) is -0.0481. The molecular formula is C16H13NOS. The van der Waals surface area contributed by atoms with Gasteiger partial charge in [0, 0.05) is 17.4 Å². The third-order valence-corrected chi connectivity index (χ3v) is 3.89. The second kappa shape index (κ2) is 4.86. The average molecular weight is 267 g/mol. The number of rotatable bonds is 2. The number of carbonyl (C=O) groups is 1. The van der Waals surface area contributed by atoms with Crippen molar-refractivity contribution in [2.45, 2.75) is 6.92 Å². The Morgan fingerprint density at radius 3 is 2.63 bits per heavy atom. The number of benzene rings is 2. The minimum Gasteiger partial charge on any atom is -0.326 e. The number of carbonyl (C=O) groups excluding carboxylic acids is 1. The molecule has 0 unspecified atom stereocenters. The normalized spacial score (nSPS) is 10.6. The second-order valence-corrected chi connectivity index (χ2v) is 5.32. The van der Waals surface area contributed by atoms with Gasteiger partial charge in [-0.3, -0.25) is 4.79 Å². The summed E-state index contributed by atoms with van der Waals surface area (Å²) in [5, 5.41) is 7.32. The molecule has 3 rings (SSSR count). The van der Waals surface area contributed by atoms with Crippen molar-refractivity contribution in [3.63, 3.8) is 0 Å². The minimum atomic E-state index is -0.0481. The van der Waals surface area contributed by atoms with Gasteiger partial charge in [-0.1, -0.05) is 36.4 Å². The molecule has 0 fully saturated rings. The van der Waals surface area contributed by atoms with Crippen LogP contribution in [0.2, 0.25) is 0 Å². The van der Waals surface area contributed by atoms with Gasteiger partial charge in [-0.25, -0.2) is 0 Å². The molecule has 0 saturated heterocycles. The Morgan fingerprint density at radius 1 is 1.05 bits per heavy atom. The highest BCUT2D eigenvalue weighted by Crippen LogP contribution is 2.37. The maximum Gasteiger partial charge on any atom is 0.221 e. The van der Waals surface area contributed by atoms with Crippen molar-refractivity contribution in [2.24, 2.45) is 0 Å². The zero-order valence-electron chi connectivity index (χ0n) is 10.5. The number of hydrogen-bond donors (Lipinski definition) is 1. The average Bonchev–Trinajstić information content (AvgIpc) is 2.91. The van der Waals surface area contributed by atoms with Crippen molar-refractivity contribution >= 4 is 33.7 Å². The van der Waals surface area contributed by atoms with Crippen LogP contribution in [0.5, 0.6) is 0 Å². The zero-order valence-corrected chi connectivity index (χ0v) is 11.3. The fourth-order valence-electron chi connectivity index (χ4n) is 2.25.